The molecule has 0 spiro atoms. The Kier molecular flexibility index (Phi) is 6.71. The number of rotatable bonds is 7. The third kappa shape index (κ3) is 5.30. The van der Waals surface area contributed by atoms with Crippen LogP contribution in [0.2, 0.25) is 0 Å². The number of nitrogens with zero attached hydrogens (tertiary/aromatic N) is 3. The summed E-state index contributed by atoms with van der Waals surface area (Å²) in [6, 6.07) is 8.74. The maximum Gasteiger partial charge on any atom is 0.319 e. The van der Waals surface area contributed by atoms with Gasteiger partial charge in [0.25, 0.3) is 5.56 Å². The molecule has 10 nitrogen and oxygen atoms in total. The van der Waals surface area contributed by atoms with Crippen molar-refractivity contribution >= 4 is 17.7 Å². The lowest BCUT2D eigenvalue weighted by Crippen LogP contribution is -2.36. The summed E-state index contributed by atoms with van der Waals surface area (Å²) in [7, 11) is 1.50. The smallest absolute Gasteiger partial charge is 0.319 e. The first-order chi connectivity index (χ1) is 14.9. The highest BCUT2D eigenvalue weighted by atomic mass is 16.5. The zero-order valence-corrected chi connectivity index (χ0v) is 17.1. The zero-order chi connectivity index (χ0) is 22.4. The number of esters is 1. The van der Waals surface area contributed by atoms with Crippen LogP contribution in [0.4, 0.5) is 10.5 Å². The number of hydrogen-bond donors (Lipinski definition) is 3. The van der Waals surface area contributed by atoms with Crippen molar-refractivity contribution in [2.24, 2.45) is 7.05 Å². The van der Waals surface area contributed by atoms with Crippen LogP contribution in [0.3, 0.4) is 0 Å². The van der Waals surface area contributed by atoms with Gasteiger partial charge in [0.1, 0.15) is 5.75 Å². The summed E-state index contributed by atoms with van der Waals surface area (Å²) in [5.74, 6) is -0.850. The number of urea groups is 1. The predicted octanol–water partition coefficient (Wildman–Crippen LogP) is 2.09. The Bertz CT molecular complexity index is 1120. The molecular weight excluding hydrogens is 402 g/mol. The van der Waals surface area contributed by atoms with E-state index in [4.69, 9.17) is 4.74 Å². The highest BCUT2D eigenvalue weighted by Crippen LogP contribution is 2.22. The summed E-state index contributed by atoms with van der Waals surface area (Å²) in [5, 5.41) is 19.2. The van der Waals surface area contributed by atoms with Crippen LogP contribution in [0, 0.1) is 0 Å². The van der Waals surface area contributed by atoms with E-state index in [1.165, 1.54) is 23.9 Å². The molecule has 0 aliphatic carbocycles. The van der Waals surface area contributed by atoms with Crippen LogP contribution in [-0.2, 0) is 16.6 Å². The molecule has 0 radical (unpaired) electrons. The molecule has 2 heterocycles. The zero-order valence-electron chi connectivity index (χ0n) is 17.1. The molecule has 0 unspecified atom stereocenters. The van der Waals surface area contributed by atoms with Gasteiger partial charge in [-0.25, -0.2) is 9.48 Å². The van der Waals surface area contributed by atoms with E-state index < -0.39 is 23.6 Å². The number of hydrogen-bond acceptors (Lipinski definition) is 6. The maximum absolute atomic E-state index is 12.6. The van der Waals surface area contributed by atoms with Gasteiger partial charge in [0.2, 0.25) is 0 Å². The fourth-order valence-electron chi connectivity index (χ4n) is 2.99. The lowest BCUT2D eigenvalue weighted by atomic mass is 10.0. The number of anilines is 1. The van der Waals surface area contributed by atoms with Crippen molar-refractivity contribution in [3.63, 3.8) is 0 Å². The van der Waals surface area contributed by atoms with Gasteiger partial charge in [0, 0.05) is 25.6 Å². The monoisotopic (exact) mass is 425 g/mol. The van der Waals surface area contributed by atoms with Gasteiger partial charge in [-0.05, 0) is 36.8 Å². The molecule has 0 aliphatic rings. The van der Waals surface area contributed by atoms with E-state index in [-0.39, 0.29) is 24.5 Å². The van der Waals surface area contributed by atoms with Gasteiger partial charge in [-0.15, -0.1) is 0 Å². The van der Waals surface area contributed by atoms with Gasteiger partial charge >= 0.3 is 12.0 Å². The molecule has 2 aromatic heterocycles. The van der Waals surface area contributed by atoms with Gasteiger partial charge in [-0.1, -0.05) is 12.1 Å². The number of nitrogens with one attached hydrogen (secondary N) is 2. The topological polar surface area (TPSA) is 127 Å². The van der Waals surface area contributed by atoms with E-state index in [0.717, 1.165) is 5.69 Å². The average molecular weight is 425 g/mol. The van der Waals surface area contributed by atoms with Crippen LogP contribution in [0.25, 0.3) is 5.69 Å². The number of ether oxygens (including phenoxy) is 1. The van der Waals surface area contributed by atoms with Gasteiger partial charge in [-0.2, -0.15) is 5.10 Å². The van der Waals surface area contributed by atoms with Crippen molar-refractivity contribution in [2.45, 2.75) is 19.4 Å². The molecule has 0 saturated carbocycles. The summed E-state index contributed by atoms with van der Waals surface area (Å²) in [5.41, 5.74) is 0.551. The lowest BCUT2D eigenvalue weighted by molar-refractivity contribution is -0.143. The molecule has 1 atom stereocenters. The van der Waals surface area contributed by atoms with E-state index in [9.17, 15) is 19.5 Å². The molecule has 3 N–H and O–H groups in total. The first-order valence-corrected chi connectivity index (χ1v) is 9.60. The molecule has 10 heteroatoms. The minimum Gasteiger partial charge on any atom is -0.505 e. The van der Waals surface area contributed by atoms with Crippen molar-refractivity contribution in [3.8, 4) is 11.4 Å². The van der Waals surface area contributed by atoms with E-state index in [2.05, 4.69) is 15.7 Å². The Morgan fingerprint density at radius 1 is 1.23 bits per heavy atom. The Balaban J connectivity index is 1.85. The molecule has 0 saturated heterocycles. The summed E-state index contributed by atoms with van der Waals surface area (Å²) in [6.07, 6.45) is 4.67. The molecule has 0 aliphatic heterocycles. The normalized spacial score (nSPS) is 11.5. The SMILES string of the molecule is CCOC(=O)C[C@H](NC(=O)Nc1c(O)ccn(C)c1=O)c1cccc(-n2cccn2)c1. The molecule has 0 fully saturated rings. The molecule has 3 rings (SSSR count). The quantitative estimate of drug-likeness (QED) is 0.498. The summed E-state index contributed by atoms with van der Waals surface area (Å²) in [6.45, 7) is 1.90. The number of aromatic hydroxyl groups is 1. The Hall–Kier alpha value is -4.08. The van der Waals surface area contributed by atoms with Crippen LogP contribution >= 0.6 is 0 Å². The van der Waals surface area contributed by atoms with Crippen LogP contribution < -0.4 is 16.2 Å². The minimum absolute atomic E-state index is 0.122. The second-order valence-corrected chi connectivity index (χ2v) is 6.70. The van der Waals surface area contributed by atoms with E-state index >= 15 is 0 Å². The first kappa shape index (κ1) is 21.6. The second-order valence-electron chi connectivity index (χ2n) is 6.70. The van der Waals surface area contributed by atoms with Gasteiger partial charge < -0.3 is 25.0 Å². The van der Waals surface area contributed by atoms with Gasteiger partial charge in [0.05, 0.1) is 24.8 Å². The number of pyridine rings is 1. The van der Waals surface area contributed by atoms with Crippen LogP contribution in [0.5, 0.6) is 5.75 Å². The van der Waals surface area contributed by atoms with Crippen LogP contribution in [0.1, 0.15) is 24.9 Å². The van der Waals surface area contributed by atoms with Crippen molar-refractivity contribution < 1.29 is 19.4 Å². The number of benzene rings is 1. The first-order valence-electron chi connectivity index (χ1n) is 9.60. The van der Waals surface area contributed by atoms with Crippen molar-refractivity contribution in [3.05, 3.63) is 70.9 Å². The maximum atomic E-state index is 12.6. The Morgan fingerprint density at radius 3 is 2.74 bits per heavy atom. The fraction of sp³-hybridized carbons (Fsp3) is 0.238. The lowest BCUT2D eigenvalue weighted by Gasteiger charge is -2.20. The highest BCUT2D eigenvalue weighted by Gasteiger charge is 2.21. The Morgan fingerprint density at radius 2 is 2.03 bits per heavy atom. The third-order valence-corrected chi connectivity index (χ3v) is 4.51. The van der Waals surface area contributed by atoms with E-state index in [1.807, 2.05) is 6.07 Å². The average Bonchev–Trinajstić information content (AvgIpc) is 3.29. The summed E-state index contributed by atoms with van der Waals surface area (Å²) in [4.78, 5) is 36.9. The van der Waals surface area contributed by atoms with Gasteiger partial charge in [0.15, 0.2) is 5.69 Å². The standard InChI is InChI=1S/C21H23N5O5/c1-3-31-18(28)13-16(14-6-4-7-15(12-14)26-10-5-9-22-26)23-21(30)24-19-17(27)8-11-25(2)20(19)29/h4-12,16,27H,3,13H2,1-2H3,(H2,23,24,30)/t16-/m0/s1. The second kappa shape index (κ2) is 9.61. The molecular formula is C21H23N5O5. The number of aromatic nitrogens is 3. The van der Waals surface area contributed by atoms with Crippen molar-refractivity contribution in [1.29, 1.82) is 0 Å². The molecule has 3 aromatic rings. The molecule has 162 valence electrons. The molecule has 1 aromatic carbocycles. The Labute approximate surface area is 178 Å². The highest BCUT2D eigenvalue weighted by molar-refractivity contribution is 5.91. The number of aryl methyl sites for hydroxylation is 1. The minimum atomic E-state index is -0.752. The van der Waals surface area contributed by atoms with Gasteiger partial charge in [-0.3, -0.25) is 9.59 Å². The number of carbonyl (C=O) groups is 2. The third-order valence-electron chi connectivity index (χ3n) is 4.51. The predicted molar refractivity (Wildman–Crippen MR) is 113 cm³/mol. The summed E-state index contributed by atoms with van der Waals surface area (Å²) >= 11 is 0. The van der Waals surface area contributed by atoms with E-state index in [0.29, 0.717) is 5.56 Å². The van der Waals surface area contributed by atoms with Crippen LogP contribution in [0.15, 0.2) is 59.8 Å². The molecule has 31 heavy (non-hydrogen) atoms. The number of amides is 2. The number of carbonyl (C=O) groups excluding carboxylic acids is 2. The van der Waals surface area contributed by atoms with Crippen molar-refractivity contribution in [2.75, 3.05) is 11.9 Å². The van der Waals surface area contributed by atoms with E-state index in [1.54, 1.807) is 48.3 Å². The largest absolute Gasteiger partial charge is 0.505 e. The fourth-order valence-corrected chi connectivity index (χ4v) is 2.99. The van der Waals surface area contributed by atoms with Crippen molar-refractivity contribution in [1.82, 2.24) is 19.7 Å². The molecule has 0 bridgehead atoms. The van der Waals surface area contributed by atoms with Crippen LogP contribution in [-0.4, -0.2) is 38.1 Å². The summed E-state index contributed by atoms with van der Waals surface area (Å²) < 4.78 is 7.90. The molecule has 2 amide bonds.